The molecule has 0 saturated carbocycles. The number of nitrogens with one attached hydrogen (secondary N) is 1. The highest BCUT2D eigenvalue weighted by Gasteiger charge is 2.27. The lowest BCUT2D eigenvalue weighted by atomic mass is 9.96. The van der Waals surface area contributed by atoms with Gasteiger partial charge in [-0.3, -0.25) is 9.59 Å². The van der Waals surface area contributed by atoms with Crippen molar-refractivity contribution in [2.24, 2.45) is 11.8 Å². The molecule has 0 bridgehead atoms. The van der Waals surface area contributed by atoms with Crippen LogP contribution in [0.4, 0.5) is 0 Å². The molecule has 0 aromatic rings. The first kappa shape index (κ1) is 16.0. The molecule has 1 rings (SSSR count). The molecule has 3 unspecified atom stereocenters. The Morgan fingerprint density at radius 3 is 2.68 bits per heavy atom. The van der Waals surface area contributed by atoms with E-state index in [0.717, 1.165) is 19.3 Å². The number of carboxylic acid groups (broad SMARTS) is 1. The predicted molar refractivity (Wildman–Crippen MR) is 71.8 cm³/mol. The average molecular weight is 271 g/mol. The van der Waals surface area contributed by atoms with Gasteiger partial charge in [0.2, 0.25) is 5.91 Å². The van der Waals surface area contributed by atoms with Gasteiger partial charge >= 0.3 is 5.97 Å². The van der Waals surface area contributed by atoms with Crippen LogP contribution in [0.1, 0.15) is 46.0 Å². The molecule has 1 aliphatic rings. The first-order valence-electron chi connectivity index (χ1n) is 7.14. The van der Waals surface area contributed by atoms with Gasteiger partial charge < -0.3 is 15.2 Å². The summed E-state index contributed by atoms with van der Waals surface area (Å²) in [7, 11) is 0. The zero-order valence-corrected chi connectivity index (χ0v) is 11.9. The van der Waals surface area contributed by atoms with Gasteiger partial charge in [-0.15, -0.1) is 0 Å². The quantitative estimate of drug-likeness (QED) is 0.706. The number of amides is 1. The van der Waals surface area contributed by atoms with Crippen LogP contribution in [0, 0.1) is 11.8 Å². The van der Waals surface area contributed by atoms with E-state index < -0.39 is 5.97 Å². The third-order valence-corrected chi connectivity index (χ3v) is 3.76. The standard InChI is InChI=1S/C14H25NO4/c1-3-11(4-5-13(16)17)6-7-15-14(18)12-8-10(2)19-9-12/h10-12H,3-9H2,1-2H3,(H,15,18)(H,16,17). The zero-order valence-electron chi connectivity index (χ0n) is 11.9. The fourth-order valence-electron chi connectivity index (χ4n) is 2.42. The van der Waals surface area contributed by atoms with Gasteiger partial charge in [0, 0.05) is 13.0 Å². The summed E-state index contributed by atoms with van der Waals surface area (Å²) < 4.78 is 5.37. The van der Waals surface area contributed by atoms with Crippen molar-refractivity contribution in [3.63, 3.8) is 0 Å². The van der Waals surface area contributed by atoms with Crippen LogP contribution in [0.2, 0.25) is 0 Å². The minimum absolute atomic E-state index is 0.0194. The Bertz CT molecular complexity index is 306. The van der Waals surface area contributed by atoms with Gasteiger partial charge in [0.25, 0.3) is 0 Å². The van der Waals surface area contributed by atoms with Crippen LogP contribution in [-0.4, -0.2) is 36.2 Å². The Hall–Kier alpha value is -1.10. The molecule has 110 valence electrons. The zero-order chi connectivity index (χ0) is 14.3. The van der Waals surface area contributed by atoms with Gasteiger partial charge in [0.15, 0.2) is 0 Å². The fraction of sp³-hybridized carbons (Fsp3) is 0.857. The summed E-state index contributed by atoms with van der Waals surface area (Å²) in [5.74, 6) is -0.332. The van der Waals surface area contributed by atoms with Crippen molar-refractivity contribution in [2.45, 2.75) is 52.1 Å². The predicted octanol–water partition coefficient (Wildman–Crippen LogP) is 1.81. The number of carbonyl (C=O) groups is 2. The maximum atomic E-state index is 11.8. The Morgan fingerprint density at radius 2 is 2.16 bits per heavy atom. The number of rotatable bonds is 8. The van der Waals surface area contributed by atoms with E-state index in [9.17, 15) is 9.59 Å². The van der Waals surface area contributed by atoms with Crippen molar-refractivity contribution in [3.8, 4) is 0 Å². The number of carbonyl (C=O) groups excluding carboxylic acids is 1. The second-order valence-corrected chi connectivity index (χ2v) is 5.36. The molecule has 1 amide bonds. The molecule has 3 atom stereocenters. The number of hydrogen-bond donors (Lipinski definition) is 2. The minimum Gasteiger partial charge on any atom is -0.481 e. The Kier molecular flexibility index (Phi) is 6.84. The summed E-state index contributed by atoms with van der Waals surface area (Å²) in [6.45, 7) is 5.18. The van der Waals surface area contributed by atoms with E-state index in [1.807, 2.05) is 6.92 Å². The summed E-state index contributed by atoms with van der Waals surface area (Å²) in [6, 6.07) is 0. The largest absolute Gasteiger partial charge is 0.481 e. The van der Waals surface area contributed by atoms with Crippen LogP contribution in [-0.2, 0) is 14.3 Å². The molecular formula is C14H25NO4. The maximum absolute atomic E-state index is 11.8. The van der Waals surface area contributed by atoms with Gasteiger partial charge in [-0.05, 0) is 32.1 Å². The molecule has 0 aliphatic carbocycles. The lowest BCUT2D eigenvalue weighted by molar-refractivity contribution is -0.137. The Balaban J connectivity index is 2.17. The van der Waals surface area contributed by atoms with Crippen LogP contribution >= 0.6 is 0 Å². The van der Waals surface area contributed by atoms with Crippen LogP contribution in [0.25, 0.3) is 0 Å². The lowest BCUT2D eigenvalue weighted by Crippen LogP contribution is -2.32. The molecule has 0 spiro atoms. The summed E-state index contributed by atoms with van der Waals surface area (Å²) >= 11 is 0. The van der Waals surface area contributed by atoms with E-state index >= 15 is 0 Å². The van der Waals surface area contributed by atoms with Gasteiger partial charge in [0.1, 0.15) is 0 Å². The van der Waals surface area contributed by atoms with E-state index in [4.69, 9.17) is 9.84 Å². The summed E-state index contributed by atoms with van der Waals surface area (Å²) in [5.41, 5.74) is 0. The van der Waals surface area contributed by atoms with Crippen LogP contribution in [0.3, 0.4) is 0 Å². The minimum atomic E-state index is -0.750. The van der Waals surface area contributed by atoms with Crippen molar-refractivity contribution in [3.05, 3.63) is 0 Å². The van der Waals surface area contributed by atoms with Gasteiger partial charge in [-0.2, -0.15) is 0 Å². The van der Waals surface area contributed by atoms with Crippen LogP contribution in [0.5, 0.6) is 0 Å². The second-order valence-electron chi connectivity index (χ2n) is 5.36. The van der Waals surface area contributed by atoms with E-state index in [1.54, 1.807) is 0 Å². The molecular weight excluding hydrogens is 246 g/mol. The van der Waals surface area contributed by atoms with Crippen LogP contribution < -0.4 is 5.32 Å². The van der Waals surface area contributed by atoms with Gasteiger partial charge in [0.05, 0.1) is 18.6 Å². The highest BCUT2D eigenvalue weighted by Crippen LogP contribution is 2.19. The number of hydrogen-bond acceptors (Lipinski definition) is 3. The molecule has 2 N–H and O–H groups in total. The number of ether oxygens (including phenoxy) is 1. The smallest absolute Gasteiger partial charge is 0.303 e. The van der Waals surface area contributed by atoms with E-state index in [2.05, 4.69) is 12.2 Å². The Labute approximate surface area is 114 Å². The highest BCUT2D eigenvalue weighted by atomic mass is 16.5. The van der Waals surface area contributed by atoms with Crippen molar-refractivity contribution < 1.29 is 19.4 Å². The van der Waals surface area contributed by atoms with Gasteiger partial charge in [-0.25, -0.2) is 0 Å². The molecule has 1 fully saturated rings. The maximum Gasteiger partial charge on any atom is 0.303 e. The highest BCUT2D eigenvalue weighted by molar-refractivity contribution is 5.79. The van der Waals surface area contributed by atoms with Crippen LogP contribution in [0.15, 0.2) is 0 Å². The molecule has 5 heteroatoms. The molecule has 19 heavy (non-hydrogen) atoms. The fourth-order valence-corrected chi connectivity index (χ4v) is 2.42. The molecule has 0 aromatic heterocycles. The van der Waals surface area contributed by atoms with Crippen molar-refractivity contribution in [1.82, 2.24) is 5.32 Å². The topological polar surface area (TPSA) is 75.6 Å². The van der Waals surface area contributed by atoms with E-state index in [-0.39, 0.29) is 24.3 Å². The Morgan fingerprint density at radius 1 is 1.42 bits per heavy atom. The average Bonchev–Trinajstić information content (AvgIpc) is 2.79. The van der Waals surface area contributed by atoms with Crippen molar-refractivity contribution in [1.29, 1.82) is 0 Å². The molecule has 1 saturated heterocycles. The van der Waals surface area contributed by atoms with Crippen molar-refractivity contribution >= 4 is 11.9 Å². The van der Waals surface area contributed by atoms with Gasteiger partial charge in [-0.1, -0.05) is 13.3 Å². The monoisotopic (exact) mass is 271 g/mol. The van der Waals surface area contributed by atoms with E-state index in [0.29, 0.717) is 25.5 Å². The SMILES string of the molecule is CCC(CCNC(=O)C1COC(C)C1)CCC(=O)O. The molecule has 1 heterocycles. The molecule has 5 nitrogen and oxygen atoms in total. The molecule has 0 aromatic carbocycles. The van der Waals surface area contributed by atoms with E-state index in [1.165, 1.54) is 0 Å². The number of carboxylic acids is 1. The molecule has 1 aliphatic heterocycles. The first-order valence-corrected chi connectivity index (χ1v) is 7.14. The normalized spacial score (nSPS) is 24.1. The first-order chi connectivity index (χ1) is 9.02. The second kappa shape index (κ2) is 8.15. The van der Waals surface area contributed by atoms with Crippen molar-refractivity contribution in [2.75, 3.05) is 13.2 Å². The third-order valence-electron chi connectivity index (χ3n) is 3.76. The molecule has 0 radical (unpaired) electrons. The summed E-state index contributed by atoms with van der Waals surface area (Å²) in [5, 5.41) is 11.6. The summed E-state index contributed by atoms with van der Waals surface area (Å²) in [4.78, 5) is 22.4. The lowest BCUT2D eigenvalue weighted by Gasteiger charge is -2.15. The third kappa shape index (κ3) is 6.05. The summed E-state index contributed by atoms with van der Waals surface area (Å²) in [6.07, 6.45) is 3.66. The number of aliphatic carboxylic acids is 1.